The number of hydrogen-bond donors (Lipinski definition) is 2. The van der Waals surface area contributed by atoms with E-state index in [0.29, 0.717) is 18.4 Å². The van der Waals surface area contributed by atoms with Gasteiger partial charge in [0.05, 0.1) is 0 Å². The minimum Gasteiger partial charge on any atom is -0.371 e. The zero-order valence-corrected chi connectivity index (χ0v) is 13.9. The summed E-state index contributed by atoms with van der Waals surface area (Å²) in [4.78, 5) is 13.9. The fourth-order valence-electron chi connectivity index (χ4n) is 3.51. The number of benzene rings is 1. The van der Waals surface area contributed by atoms with E-state index >= 15 is 0 Å². The third-order valence-corrected chi connectivity index (χ3v) is 5.14. The lowest BCUT2D eigenvalue weighted by Gasteiger charge is -2.43. The fourth-order valence-corrected chi connectivity index (χ4v) is 3.89. The van der Waals surface area contributed by atoms with Gasteiger partial charge in [-0.1, -0.05) is 15.9 Å². The van der Waals surface area contributed by atoms with Gasteiger partial charge in [0.25, 0.3) is 0 Å². The molecule has 4 nitrogen and oxygen atoms in total. The van der Waals surface area contributed by atoms with Crippen LogP contribution in [-0.2, 0) is 4.79 Å². The van der Waals surface area contributed by atoms with Gasteiger partial charge in [0.2, 0.25) is 5.91 Å². The number of carbonyl (C=O) groups is 1. The van der Waals surface area contributed by atoms with Crippen molar-refractivity contribution in [3.63, 3.8) is 0 Å². The number of anilines is 1. The molecule has 3 rings (SSSR count). The Morgan fingerprint density at radius 1 is 1.43 bits per heavy atom. The summed E-state index contributed by atoms with van der Waals surface area (Å²) in [5.41, 5.74) is 8.56. The van der Waals surface area contributed by atoms with Crippen LogP contribution in [0, 0.1) is 5.92 Å². The summed E-state index contributed by atoms with van der Waals surface area (Å²) < 4.78 is 1.07. The van der Waals surface area contributed by atoms with Gasteiger partial charge in [-0.15, -0.1) is 0 Å². The number of halogens is 1. The SMILES string of the molecule is CC(N)c1cc(Br)ccc1N1CCC2NC(=O)CCC2C1. The van der Waals surface area contributed by atoms with Gasteiger partial charge in [0.1, 0.15) is 0 Å². The summed E-state index contributed by atoms with van der Waals surface area (Å²) in [6, 6.07) is 6.73. The van der Waals surface area contributed by atoms with Crippen LogP contribution >= 0.6 is 15.9 Å². The molecule has 0 saturated carbocycles. The first kappa shape index (κ1) is 14.9. The maximum Gasteiger partial charge on any atom is 0.220 e. The average Bonchev–Trinajstić information content (AvgIpc) is 2.46. The lowest BCUT2D eigenvalue weighted by molar-refractivity contribution is -0.124. The van der Waals surface area contributed by atoms with Crippen molar-refractivity contribution in [2.45, 2.75) is 38.3 Å². The summed E-state index contributed by atoms with van der Waals surface area (Å²) in [5, 5.41) is 3.14. The third kappa shape index (κ3) is 3.09. The molecule has 0 aliphatic carbocycles. The summed E-state index contributed by atoms with van der Waals surface area (Å²) in [5.74, 6) is 0.769. The molecule has 3 N–H and O–H groups in total. The van der Waals surface area contributed by atoms with Crippen molar-refractivity contribution in [3.05, 3.63) is 28.2 Å². The molecule has 1 amide bonds. The van der Waals surface area contributed by atoms with Crippen LogP contribution in [0.2, 0.25) is 0 Å². The number of fused-ring (bicyclic) bond motifs is 1. The molecule has 2 saturated heterocycles. The molecule has 0 bridgehead atoms. The van der Waals surface area contributed by atoms with Crippen LogP contribution in [0.1, 0.15) is 37.8 Å². The van der Waals surface area contributed by atoms with Crippen molar-refractivity contribution < 1.29 is 4.79 Å². The Kier molecular flexibility index (Phi) is 4.22. The van der Waals surface area contributed by atoms with Crippen LogP contribution in [0.5, 0.6) is 0 Å². The van der Waals surface area contributed by atoms with Crippen molar-refractivity contribution in [2.75, 3.05) is 18.0 Å². The minimum atomic E-state index is 0.0151. The second kappa shape index (κ2) is 5.97. The minimum absolute atomic E-state index is 0.0151. The van der Waals surface area contributed by atoms with Gasteiger partial charge >= 0.3 is 0 Å². The number of carbonyl (C=O) groups excluding carboxylic acids is 1. The van der Waals surface area contributed by atoms with E-state index in [9.17, 15) is 4.79 Å². The van der Waals surface area contributed by atoms with E-state index in [1.54, 1.807) is 0 Å². The Morgan fingerprint density at radius 2 is 2.24 bits per heavy atom. The van der Waals surface area contributed by atoms with Crippen LogP contribution in [0.15, 0.2) is 22.7 Å². The lowest BCUT2D eigenvalue weighted by Crippen LogP contribution is -2.54. The van der Waals surface area contributed by atoms with Crippen LogP contribution in [0.25, 0.3) is 0 Å². The quantitative estimate of drug-likeness (QED) is 0.860. The molecular weight excluding hydrogens is 330 g/mol. The third-order valence-electron chi connectivity index (χ3n) is 4.64. The van der Waals surface area contributed by atoms with Gasteiger partial charge in [-0.05, 0) is 49.4 Å². The lowest BCUT2D eigenvalue weighted by atomic mass is 9.84. The largest absolute Gasteiger partial charge is 0.371 e. The van der Waals surface area contributed by atoms with Crippen molar-refractivity contribution in [2.24, 2.45) is 11.7 Å². The van der Waals surface area contributed by atoms with Gasteiger partial charge in [0, 0.05) is 41.8 Å². The van der Waals surface area contributed by atoms with E-state index in [0.717, 1.165) is 30.4 Å². The van der Waals surface area contributed by atoms with E-state index in [4.69, 9.17) is 5.73 Å². The normalized spacial score (nSPS) is 27.0. The number of amides is 1. The molecule has 114 valence electrons. The van der Waals surface area contributed by atoms with Crippen LogP contribution in [0.4, 0.5) is 5.69 Å². The van der Waals surface area contributed by atoms with E-state index in [-0.39, 0.29) is 11.9 Å². The molecule has 0 spiro atoms. The maximum absolute atomic E-state index is 11.5. The fraction of sp³-hybridized carbons (Fsp3) is 0.562. The number of piperidine rings is 2. The zero-order valence-electron chi connectivity index (χ0n) is 12.3. The topological polar surface area (TPSA) is 58.4 Å². The Bertz CT molecular complexity index is 546. The van der Waals surface area contributed by atoms with Gasteiger partial charge < -0.3 is 16.0 Å². The standard InChI is InChI=1S/C16H22BrN3O/c1-10(18)13-8-12(17)3-4-15(13)20-7-6-14-11(9-20)2-5-16(21)19-14/h3-4,8,10-11,14H,2,5-7,9,18H2,1H3,(H,19,21). The molecule has 0 radical (unpaired) electrons. The first-order valence-electron chi connectivity index (χ1n) is 7.64. The highest BCUT2D eigenvalue weighted by molar-refractivity contribution is 9.10. The van der Waals surface area contributed by atoms with E-state index in [1.165, 1.54) is 11.3 Å². The summed E-state index contributed by atoms with van der Waals surface area (Å²) in [7, 11) is 0. The highest BCUT2D eigenvalue weighted by atomic mass is 79.9. The van der Waals surface area contributed by atoms with Crippen molar-refractivity contribution in [1.29, 1.82) is 0 Å². The number of nitrogens with zero attached hydrogens (tertiary/aromatic N) is 1. The highest BCUT2D eigenvalue weighted by Gasteiger charge is 2.34. The number of nitrogens with two attached hydrogens (primary N) is 1. The first-order chi connectivity index (χ1) is 10.0. The molecule has 21 heavy (non-hydrogen) atoms. The molecule has 1 aromatic rings. The van der Waals surface area contributed by atoms with E-state index in [2.05, 4.69) is 44.3 Å². The summed E-state index contributed by atoms with van der Waals surface area (Å²) in [6.45, 7) is 4.01. The molecule has 3 unspecified atom stereocenters. The van der Waals surface area contributed by atoms with Gasteiger partial charge in [-0.25, -0.2) is 0 Å². The van der Waals surface area contributed by atoms with Gasteiger partial charge in [-0.2, -0.15) is 0 Å². The van der Waals surface area contributed by atoms with Crippen molar-refractivity contribution >= 4 is 27.5 Å². The number of rotatable bonds is 2. The monoisotopic (exact) mass is 351 g/mol. The molecule has 2 aliphatic heterocycles. The summed E-state index contributed by atoms with van der Waals surface area (Å²) >= 11 is 3.53. The molecule has 5 heteroatoms. The zero-order chi connectivity index (χ0) is 15.0. The van der Waals surface area contributed by atoms with Crippen LogP contribution < -0.4 is 16.0 Å². The van der Waals surface area contributed by atoms with E-state index in [1.807, 2.05) is 6.92 Å². The Balaban J connectivity index is 1.81. The average molecular weight is 352 g/mol. The molecule has 0 aromatic heterocycles. The molecule has 3 atom stereocenters. The molecule has 2 fully saturated rings. The van der Waals surface area contributed by atoms with Crippen molar-refractivity contribution in [1.82, 2.24) is 5.32 Å². The number of nitrogens with one attached hydrogen (secondary N) is 1. The van der Waals surface area contributed by atoms with Gasteiger partial charge in [0.15, 0.2) is 0 Å². The second-order valence-corrected chi connectivity index (χ2v) is 7.11. The molecule has 2 aliphatic rings. The predicted octanol–water partition coefficient (Wildman–Crippen LogP) is 2.57. The summed E-state index contributed by atoms with van der Waals surface area (Å²) in [6.07, 6.45) is 2.68. The van der Waals surface area contributed by atoms with Gasteiger partial charge in [-0.3, -0.25) is 4.79 Å². The smallest absolute Gasteiger partial charge is 0.220 e. The van der Waals surface area contributed by atoms with E-state index < -0.39 is 0 Å². The highest BCUT2D eigenvalue weighted by Crippen LogP contribution is 2.33. The Morgan fingerprint density at radius 3 is 3.00 bits per heavy atom. The van der Waals surface area contributed by atoms with Crippen molar-refractivity contribution in [3.8, 4) is 0 Å². The second-order valence-electron chi connectivity index (χ2n) is 6.20. The van der Waals surface area contributed by atoms with Crippen LogP contribution in [0.3, 0.4) is 0 Å². The molecule has 2 heterocycles. The maximum atomic E-state index is 11.5. The first-order valence-corrected chi connectivity index (χ1v) is 8.43. The molecular formula is C16H22BrN3O. The Labute approximate surface area is 134 Å². The molecule has 1 aromatic carbocycles. The number of hydrogen-bond acceptors (Lipinski definition) is 3. The van der Waals surface area contributed by atoms with Crippen LogP contribution in [-0.4, -0.2) is 25.0 Å². The Hall–Kier alpha value is -1.07. The predicted molar refractivity (Wildman–Crippen MR) is 88.2 cm³/mol.